The zero-order chi connectivity index (χ0) is 13.9. The first-order valence-corrected chi connectivity index (χ1v) is 6.91. The normalized spacial score (nSPS) is 20.4. The van der Waals surface area contributed by atoms with Crippen molar-refractivity contribution in [1.82, 2.24) is 5.32 Å². The van der Waals surface area contributed by atoms with E-state index in [1.165, 1.54) is 12.0 Å². The van der Waals surface area contributed by atoms with Gasteiger partial charge in [-0.25, -0.2) is 0 Å². The second-order valence-electron chi connectivity index (χ2n) is 5.18. The maximum atomic E-state index is 12.0. The lowest BCUT2D eigenvalue weighted by Crippen LogP contribution is -2.12. The Balaban J connectivity index is 1.65. The number of amides is 1. The van der Waals surface area contributed by atoms with E-state index in [-0.39, 0.29) is 5.91 Å². The molecule has 0 bridgehead atoms. The van der Waals surface area contributed by atoms with Crippen molar-refractivity contribution in [1.29, 1.82) is 0 Å². The minimum absolute atomic E-state index is 0.0714. The van der Waals surface area contributed by atoms with Crippen molar-refractivity contribution in [3.63, 3.8) is 0 Å². The summed E-state index contributed by atoms with van der Waals surface area (Å²) >= 11 is 0. The van der Waals surface area contributed by atoms with Gasteiger partial charge in [0.15, 0.2) is 0 Å². The quantitative estimate of drug-likeness (QED) is 0.893. The van der Waals surface area contributed by atoms with Crippen molar-refractivity contribution in [3.05, 3.63) is 65.7 Å². The third-order valence-electron chi connectivity index (χ3n) is 3.79. The van der Waals surface area contributed by atoms with Crippen molar-refractivity contribution in [2.45, 2.75) is 18.4 Å². The molecule has 0 spiro atoms. The molecule has 0 aromatic heterocycles. The van der Waals surface area contributed by atoms with E-state index in [0.29, 0.717) is 17.5 Å². The second kappa shape index (κ2) is 5.47. The number of hydrogen-bond donors (Lipinski definition) is 2. The van der Waals surface area contributed by atoms with Crippen LogP contribution in [0.1, 0.15) is 28.3 Å². The highest BCUT2D eigenvalue weighted by atomic mass is 16.1. The van der Waals surface area contributed by atoms with Gasteiger partial charge in [-0.1, -0.05) is 30.3 Å². The third kappa shape index (κ3) is 2.73. The molecule has 0 radical (unpaired) electrons. The molecule has 2 atom stereocenters. The molecular weight excluding hydrogens is 248 g/mol. The van der Waals surface area contributed by atoms with Gasteiger partial charge in [0.1, 0.15) is 0 Å². The standard InChI is InChI=1S/C17H18N2O/c1-18-16-11-15(16)12-7-9-14(10-8-12)19-17(20)13-5-3-2-4-6-13/h2-10,15-16,18H,11H2,1H3,(H,19,20)/t15-,16?/m0/s1. The van der Waals surface area contributed by atoms with Crippen molar-refractivity contribution in [2.75, 3.05) is 12.4 Å². The van der Waals surface area contributed by atoms with Crippen molar-refractivity contribution in [3.8, 4) is 0 Å². The zero-order valence-electron chi connectivity index (χ0n) is 11.5. The second-order valence-corrected chi connectivity index (χ2v) is 5.18. The summed E-state index contributed by atoms with van der Waals surface area (Å²) in [6.45, 7) is 0. The molecule has 1 unspecified atom stereocenters. The Bertz CT molecular complexity index is 592. The average molecular weight is 266 g/mol. The van der Waals surface area contributed by atoms with Gasteiger partial charge in [0, 0.05) is 23.2 Å². The van der Waals surface area contributed by atoms with Gasteiger partial charge in [-0.3, -0.25) is 4.79 Å². The van der Waals surface area contributed by atoms with Crippen LogP contribution in [0.25, 0.3) is 0 Å². The van der Waals surface area contributed by atoms with Crippen LogP contribution in [0.2, 0.25) is 0 Å². The van der Waals surface area contributed by atoms with Crippen LogP contribution >= 0.6 is 0 Å². The van der Waals surface area contributed by atoms with Crippen LogP contribution in [0.15, 0.2) is 54.6 Å². The molecule has 3 heteroatoms. The molecule has 1 aliphatic carbocycles. The zero-order valence-corrected chi connectivity index (χ0v) is 11.5. The summed E-state index contributed by atoms with van der Waals surface area (Å²) in [4.78, 5) is 12.0. The highest BCUT2D eigenvalue weighted by Gasteiger charge is 2.36. The van der Waals surface area contributed by atoms with Gasteiger partial charge >= 0.3 is 0 Å². The molecule has 1 amide bonds. The summed E-state index contributed by atoms with van der Waals surface area (Å²) in [6.07, 6.45) is 1.20. The van der Waals surface area contributed by atoms with Crippen LogP contribution in [0.5, 0.6) is 0 Å². The van der Waals surface area contributed by atoms with Crippen LogP contribution < -0.4 is 10.6 Å². The summed E-state index contributed by atoms with van der Waals surface area (Å²) in [5.41, 5.74) is 2.85. The molecule has 3 rings (SSSR count). The minimum Gasteiger partial charge on any atom is -0.322 e. The maximum Gasteiger partial charge on any atom is 0.255 e. The van der Waals surface area contributed by atoms with Gasteiger partial charge in [-0.2, -0.15) is 0 Å². The predicted molar refractivity (Wildman–Crippen MR) is 81.0 cm³/mol. The molecule has 0 saturated heterocycles. The smallest absolute Gasteiger partial charge is 0.255 e. The molecule has 2 aromatic rings. The van der Waals surface area contributed by atoms with Crippen LogP contribution in [0.4, 0.5) is 5.69 Å². The molecule has 102 valence electrons. The summed E-state index contributed by atoms with van der Waals surface area (Å²) < 4.78 is 0. The number of anilines is 1. The van der Waals surface area contributed by atoms with Crippen molar-refractivity contribution < 1.29 is 4.79 Å². The number of carbonyl (C=O) groups excluding carboxylic acids is 1. The fourth-order valence-corrected chi connectivity index (χ4v) is 2.49. The first-order valence-electron chi connectivity index (χ1n) is 6.91. The van der Waals surface area contributed by atoms with Crippen LogP contribution in [-0.2, 0) is 0 Å². The molecule has 1 saturated carbocycles. The molecule has 2 N–H and O–H groups in total. The Hall–Kier alpha value is -2.13. The lowest BCUT2D eigenvalue weighted by Gasteiger charge is -2.06. The van der Waals surface area contributed by atoms with Crippen LogP contribution in [0, 0.1) is 0 Å². The third-order valence-corrected chi connectivity index (χ3v) is 3.79. The van der Waals surface area contributed by atoms with E-state index >= 15 is 0 Å². The Morgan fingerprint density at radius 2 is 1.75 bits per heavy atom. The Kier molecular flexibility index (Phi) is 3.52. The van der Waals surface area contributed by atoms with Crippen LogP contribution in [0.3, 0.4) is 0 Å². The highest BCUT2D eigenvalue weighted by molar-refractivity contribution is 6.04. The first-order chi connectivity index (χ1) is 9.78. The topological polar surface area (TPSA) is 41.1 Å². The van der Waals surface area contributed by atoms with E-state index < -0.39 is 0 Å². The van der Waals surface area contributed by atoms with E-state index in [1.54, 1.807) is 0 Å². The minimum atomic E-state index is -0.0714. The highest BCUT2D eigenvalue weighted by Crippen LogP contribution is 2.40. The monoisotopic (exact) mass is 266 g/mol. The molecule has 0 heterocycles. The largest absolute Gasteiger partial charge is 0.322 e. The number of benzene rings is 2. The fourth-order valence-electron chi connectivity index (χ4n) is 2.49. The van der Waals surface area contributed by atoms with Gasteiger partial charge in [0.25, 0.3) is 5.91 Å². The summed E-state index contributed by atoms with van der Waals surface area (Å²) in [7, 11) is 2.00. The first kappa shape index (κ1) is 12.9. The Morgan fingerprint density at radius 1 is 1.05 bits per heavy atom. The molecule has 1 aliphatic rings. The Morgan fingerprint density at radius 3 is 2.35 bits per heavy atom. The lowest BCUT2D eigenvalue weighted by molar-refractivity contribution is 0.102. The van der Waals surface area contributed by atoms with Gasteiger partial charge < -0.3 is 10.6 Å². The lowest BCUT2D eigenvalue weighted by atomic mass is 10.1. The predicted octanol–water partition coefficient (Wildman–Crippen LogP) is 3.01. The molecule has 1 fully saturated rings. The van der Waals surface area contributed by atoms with E-state index in [1.807, 2.05) is 49.5 Å². The van der Waals surface area contributed by atoms with E-state index in [4.69, 9.17) is 0 Å². The number of rotatable bonds is 4. The van der Waals surface area contributed by atoms with E-state index in [2.05, 4.69) is 22.8 Å². The number of carbonyl (C=O) groups is 1. The number of likely N-dealkylation sites (N-methyl/N-ethyl adjacent to an activating group) is 1. The number of hydrogen-bond acceptors (Lipinski definition) is 2. The van der Waals surface area contributed by atoms with E-state index in [0.717, 1.165) is 5.69 Å². The van der Waals surface area contributed by atoms with Crippen molar-refractivity contribution >= 4 is 11.6 Å². The SMILES string of the molecule is CNC1C[C@H]1c1ccc(NC(=O)c2ccccc2)cc1. The Labute approximate surface area is 119 Å². The van der Waals surface area contributed by atoms with Gasteiger partial charge in [0.2, 0.25) is 0 Å². The summed E-state index contributed by atoms with van der Waals surface area (Å²) in [6, 6.07) is 18.0. The van der Waals surface area contributed by atoms with Gasteiger partial charge in [0.05, 0.1) is 0 Å². The number of nitrogens with one attached hydrogen (secondary N) is 2. The van der Waals surface area contributed by atoms with Crippen molar-refractivity contribution in [2.24, 2.45) is 0 Å². The molecule has 0 aliphatic heterocycles. The molecule has 2 aromatic carbocycles. The summed E-state index contributed by atoms with van der Waals surface area (Å²) in [5.74, 6) is 0.553. The molecular formula is C17H18N2O. The molecule has 20 heavy (non-hydrogen) atoms. The fraction of sp³-hybridized carbons (Fsp3) is 0.235. The maximum absolute atomic E-state index is 12.0. The van der Waals surface area contributed by atoms with Gasteiger partial charge in [-0.05, 0) is 43.3 Å². The molecule has 3 nitrogen and oxygen atoms in total. The average Bonchev–Trinajstić information content (AvgIpc) is 3.28. The van der Waals surface area contributed by atoms with E-state index in [9.17, 15) is 4.79 Å². The summed E-state index contributed by atoms with van der Waals surface area (Å²) in [5, 5.41) is 6.20. The van der Waals surface area contributed by atoms with Gasteiger partial charge in [-0.15, -0.1) is 0 Å². The van der Waals surface area contributed by atoms with Crippen LogP contribution in [-0.4, -0.2) is 19.0 Å².